The van der Waals surface area contributed by atoms with Crippen molar-refractivity contribution >= 4 is 5.69 Å². The highest BCUT2D eigenvalue weighted by Crippen LogP contribution is 2.30. The van der Waals surface area contributed by atoms with Crippen LogP contribution in [0.1, 0.15) is 45.2 Å². The standard InChI is InChI=1S/C16H26N2/c1-4-10-17-14(3)15-7-5-6-8-16(15)18-11-9-13(2)12-18/h5-8,13-14,17H,4,9-12H2,1-3H3. The van der Waals surface area contributed by atoms with E-state index in [1.54, 1.807) is 0 Å². The van der Waals surface area contributed by atoms with Crippen molar-refractivity contribution in [2.45, 2.75) is 39.7 Å². The lowest BCUT2D eigenvalue weighted by molar-refractivity contribution is 0.569. The van der Waals surface area contributed by atoms with E-state index in [0.29, 0.717) is 6.04 Å². The van der Waals surface area contributed by atoms with Crippen LogP contribution in [0.2, 0.25) is 0 Å². The van der Waals surface area contributed by atoms with Crippen molar-refractivity contribution in [3.63, 3.8) is 0 Å². The molecule has 1 aromatic carbocycles. The van der Waals surface area contributed by atoms with E-state index in [4.69, 9.17) is 0 Å². The lowest BCUT2D eigenvalue weighted by atomic mass is 10.0. The van der Waals surface area contributed by atoms with Crippen molar-refractivity contribution in [2.75, 3.05) is 24.5 Å². The quantitative estimate of drug-likeness (QED) is 0.854. The van der Waals surface area contributed by atoms with Gasteiger partial charge in [-0.1, -0.05) is 32.0 Å². The summed E-state index contributed by atoms with van der Waals surface area (Å²) in [7, 11) is 0. The van der Waals surface area contributed by atoms with Gasteiger partial charge in [-0.05, 0) is 43.9 Å². The second-order valence-electron chi connectivity index (χ2n) is 5.57. The number of nitrogens with zero attached hydrogens (tertiary/aromatic N) is 1. The molecule has 0 spiro atoms. The zero-order chi connectivity index (χ0) is 13.0. The summed E-state index contributed by atoms with van der Waals surface area (Å²) in [5.74, 6) is 0.831. The van der Waals surface area contributed by atoms with Gasteiger partial charge in [0.1, 0.15) is 0 Å². The molecular formula is C16H26N2. The molecule has 1 saturated heterocycles. The van der Waals surface area contributed by atoms with Crippen LogP contribution in [0.3, 0.4) is 0 Å². The minimum Gasteiger partial charge on any atom is -0.371 e. The third-order valence-electron chi connectivity index (χ3n) is 3.87. The lowest BCUT2D eigenvalue weighted by Crippen LogP contribution is -2.25. The summed E-state index contributed by atoms with van der Waals surface area (Å²) in [5.41, 5.74) is 2.87. The van der Waals surface area contributed by atoms with Crippen LogP contribution in [0, 0.1) is 5.92 Å². The maximum Gasteiger partial charge on any atom is 0.0414 e. The molecule has 0 amide bonds. The lowest BCUT2D eigenvalue weighted by Gasteiger charge is -2.25. The molecule has 1 aliphatic rings. The Bertz CT molecular complexity index is 375. The molecule has 2 atom stereocenters. The first-order chi connectivity index (χ1) is 8.72. The summed E-state index contributed by atoms with van der Waals surface area (Å²) < 4.78 is 0. The second-order valence-corrected chi connectivity index (χ2v) is 5.57. The van der Waals surface area contributed by atoms with Gasteiger partial charge in [0.25, 0.3) is 0 Å². The number of anilines is 1. The van der Waals surface area contributed by atoms with Crippen molar-refractivity contribution in [1.29, 1.82) is 0 Å². The average molecular weight is 246 g/mol. The predicted octanol–water partition coefficient (Wildman–Crippen LogP) is 3.59. The SMILES string of the molecule is CCCNC(C)c1ccccc1N1CCC(C)C1. The fourth-order valence-electron chi connectivity index (χ4n) is 2.77. The number of rotatable bonds is 5. The Morgan fingerprint density at radius 3 is 2.83 bits per heavy atom. The Hall–Kier alpha value is -1.02. The molecular weight excluding hydrogens is 220 g/mol. The maximum atomic E-state index is 3.60. The Labute approximate surface area is 111 Å². The molecule has 1 aliphatic heterocycles. The molecule has 100 valence electrons. The smallest absolute Gasteiger partial charge is 0.0414 e. The predicted molar refractivity (Wildman–Crippen MR) is 79.1 cm³/mol. The van der Waals surface area contributed by atoms with Gasteiger partial charge in [-0.25, -0.2) is 0 Å². The van der Waals surface area contributed by atoms with Gasteiger partial charge in [0.15, 0.2) is 0 Å². The van der Waals surface area contributed by atoms with Gasteiger partial charge < -0.3 is 10.2 Å². The summed E-state index contributed by atoms with van der Waals surface area (Å²) in [6.45, 7) is 10.3. The molecule has 2 rings (SSSR count). The van der Waals surface area contributed by atoms with Gasteiger partial charge in [0, 0.05) is 24.8 Å². The summed E-state index contributed by atoms with van der Waals surface area (Å²) in [6.07, 6.45) is 2.51. The topological polar surface area (TPSA) is 15.3 Å². The molecule has 2 heteroatoms. The van der Waals surface area contributed by atoms with Crippen LogP contribution in [0.5, 0.6) is 0 Å². The molecule has 2 unspecified atom stereocenters. The largest absolute Gasteiger partial charge is 0.371 e. The fraction of sp³-hybridized carbons (Fsp3) is 0.625. The Kier molecular flexibility index (Phi) is 4.65. The maximum absolute atomic E-state index is 3.60. The summed E-state index contributed by atoms with van der Waals surface area (Å²) in [4.78, 5) is 2.55. The van der Waals surface area contributed by atoms with Crippen LogP contribution in [0.25, 0.3) is 0 Å². The molecule has 2 nitrogen and oxygen atoms in total. The van der Waals surface area contributed by atoms with E-state index < -0.39 is 0 Å². The van der Waals surface area contributed by atoms with E-state index in [-0.39, 0.29) is 0 Å². The molecule has 1 N–H and O–H groups in total. The van der Waals surface area contributed by atoms with Crippen LogP contribution < -0.4 is 10.2 Å². The summed E-state index contributed by atoms with van der Waals surface area (Å²) in [5, 5.41) is 3.60. The Balaban J connectivity index is 2.14. The molecule has 0 aromatic heterocycles. The van der Waals surface area contributed by atoms with Crippen molar-refractivity contribution in [3.05, 3.63) is 29.8 Å². The van der Waals surface area contributed by atoms with E-state index in [2.05, 4.69) is 55.3 Å². The van der Waals surface area contributed by atoms with E-state index in [9.17, 15) is 0 Å². The van der Waals surface area contributed by atoms with E-state index in [1.165, 1.54) is 37.2 Å². The highest BCUT2D eigenvalue weighted by Gasteiger charge is 2.22. The van der Waals surface area contributed by atoms with E-state index in [0.717, 1.165) is 12.5 Å². The molecule has 1 aromatic rings. The average Bonchev–Trinajstić information content (AvgIpc) is 2.82. The Morgan fingerprint density at radius 2 is 2.17 bits per heavy atom. The third kappa shape index (κ3) is 3.05. The van der Waals surface area contributed by atoms with Crippen LogP contribution in [0.4, 0.5) is 5.69 Å². The molecule has 18 heavy (non-hydrogen) atoms. The highest BCUT2D eigenvalue weighted by molar-refractivity contribution is 5.55. The highest BCUT2D eigenvalue weighted by atomic mass is 15.2. The zero-order valence-corrected chi connectivity index (χ0v) is 11.9. The minimum atomic E-state index is 0.442. The summed E-state index contributed by atoms with van der Waals surface area (Å²) in [6, 6.07) is 9.30. The number of para-hydroxylation sites is 1. The van der Waals surface area contributed by atoms with Crippen molar-refractivity contribution in [3.8, 4) is 0 Å². The summed E-state index contributed by atoms with van der Waals surface area (Å²) >= 11 is 0. The number of hydrogen-bond acceptors (Lipinski definition) is 2. The van der Waals surface area contributed by atoms with Gasteiger partial charge in [-0.2, -0.15) is 0 Å². The van der Waals surface area contributed by atoms with E-state index in [1.807, 2.05) is 0 Å². The van der Waals surface area contributed by atoms with Crippen molar-refractivity contribution in [1.82, 2.24) is 5.32 Å². The van der Waals surface area contributed by atoms with Crippen LogP contribution in [-0.2, 0) is 0 Å². The first kappa shape index (κ1) is 13.4. The molecule has 0 aliphatic carbocycles. The number of hydrogen-bond donors (Lipinski definition) is 1. The normalized spacial score (nSPS) is 21.3. The number of nitrogens with one attached hydrogen (secondary N) is 1. The van der Waals surface area contributed by atoms with Crippen molar-refractivity contribution < 1.29 is 0 Å². The number of benzene rings is 1. The molecule has 1 fully saturated rings. The second kappa shape index (κ2) is 6.24. The molecule has 0 bridgehead atoms. The van der Waals surface area contributed by atoms with Gasteiger partial charge in [-0.3, -0.25) is 0 Å². The first-order valence-electron chi connectivity index (χ1n) is 7.29. The van der Waals surface area contributed by atoms with Crippen LogP contribution in [-0.4, -0.2) is 19.6 Å². The van der Waals surface area contributed by atoms with Crippen LogP contribution in [0.15, 0.2) is 24.3 Å². The van der Waals surface area contributed by atoms with E-state index >= 15 is 0 Å². The third-order valence-corrected chi connectivity index (χ3v) is 3.87. The fourth-order valence-corrected chi connectivity index (χ4v) is 2.77. The Morgan fingerprint density at radius 1 is 1.39 bits per heavy atom. The molecule has 1 heterocycles. The monoisotopic (exact) mass is 246 g/mol. The molecule has 0 saturated carbocycles. The van der Waals surface area contributed by atoms with Gasteiger partial charge in [0.2, 0.25) is 0 Å². The van der Waals surface area contributed by atoms with Gasteiger partial charge >= 0.3 is 0 Å². The zero-order valence-electron chi connectivity index (χ0n) is 11.9. The minimum absolute atomic E-state index is 0.442. The van der Waals surface area contributed by atoms with Gasteiger partial charge in [0.05, 0.1) is 0 Å². The first-order valence-corrected chi connectivity index (χ1v) is 7.29. The van der Waals surface area contributed by atoms with Crippen LogP contribution >= 0.6 is 0 Å². The molecule has 0 radical (unpaired) electrons. The van der Waals surface area contributed by atoms with Crippen molar-refractivity contribution in [2.24, 2.45) is 5.92 Å². The van der Waals surface area contributed by atoms with Gasteiger partial charge in [-0.15, -0.1) is 0 Å².